The molecule has 35 heavy (non-hydrogen) atoms. The highest BCUT2D eigenvalue weighted by atomic mass is 127. The van der Waals surface area contributed by atoms with Crippen LogP contribution < -0.4 is 0 Å². The first kappa shape index (κ1) is 24.6. The van der Waals surface area contributed by atoms with Crippen LogP contribution in [-0.2, 0) is 11.3 Å². The predicted molar refractivity (Wildman–Crippen MR) is 148 cm³/mol. The Morgan fingerprint density at radius 2 is 1.86 bits per heavy atom. The molecule has 5 heterocycles. The summed E-state index contributed by atoms with van der Waals surface area (Å²) >= 11 is 2.28. The highest BCUT2D eigenvalue weighted by Gasteiger charge is 2.43. The van der Waals surface area contributed by atoms with Crippen molar-refractivity contribution in [1.82, 2.24) is 19.2 Å². The Hall–Kier alpha value is -2.13. The van der Waals surface area contributed by atoms with E-state index in [-0.39, 0.29) is 12.1 Å². The SMILES string of the molecule is CC(C)c1ccc(-c2nc3ccccn3c2CN2CC3CCC2CN3C(=O)OC(C)(C)CI)cc1. The highest BCUT2D eigenvalue weighted by molar-refractivity contribution is 14.1. The molecule has 0 radical (unpaired) electrons. The molecule has 186 valence electrons. The molecule has 3 aliphatic rings. The number of carbonyl (C=O) groups is 1. The van der Waals surface area contributed by atoms with Gasteiger partial charge in [-0.05, 0) is 50.3 Å². The van der Waals surface area contributed by atoms with Crippen molar-refractivity contribution >= 4 is 34.3 Å². The first-order valence-corrected chi connectivity index (χ1v) is 14.1. The number of imidazole rings is 1. The lowest BCUT2D eigenvalue weighted by atomic mass is 9.90. The smallest absolute Gasteiger partial charge is 0.410 e. The third kappa shape index (κ3) is 4.94. The van der Waals surface area contributed by atoms with E-state index >= 15 is 0 Å². The Balaban J connectivity index is 1.40. The second kappa shape index (κ2) is 9.73. The minimum absolute atomic E-state index is 0.165. The van der Waals surface area contributed by atoms with Crippen molar-refractivity contribution in [3.8, 4) is 11.3 Å². The molecule has 7 heteroatoms. The maximum absolute atomic E-state index is 12.9. The molecule has 0 aliphatic carbocycles. The van der Waals surface area contributed by atoms with E-state index in [1.807, 2.05) is 24.8 Å². The Morgan fingerprint density at radius 1 is 1.11 bits per heavy atom. The van der Waals surface area contributed by atoms with Crippen molar-refractivity contribution in [2.75, 3.05) is 17.5 Å². The molecule has 3 aromatic rings. The summed E-state index contributed by atoms with van der Waals surface area (Å²) < 4.78 is 8.83. The molecule has 1 amide bonds. The van der Waals surface area contributed by atoms with Crippen molar-refractivity contribution in [3.63, 3.8) is 0 Å². The number of piperazine rings is 1. The molecule has 1 aromatic carbocycles. The standard InChI is InChI=1S/C28H35IN4O2/c1-19(2)20-8-10-21(11-9-20)26-24(32-14-6-5-7-25(32)30-26)17-31-15-23-13-12-22(31)16-33(23)27(34)35-28(3,4)18-29/h5-11,14,19,22-23H,12-13,15-18H2,1-4H3. The van der Waals surface area contributed by atoms with Crippen LogP contribution >= 0.6 is 22.6 Å². The van der Waals surface area contributed by atoms with Gasteiger partial charge < -0.3 is 14.0 Å². The number of hydrogen-bond donors (Lipinski definition) is 0. The van der Waals surface area contributed by atoms with Crippen LogP contribution in [0.2, 0.25) is 0 Å². The summed E-state index contributed by atoms with van der Waals surface area (Å²) in [6.45, 7) is 10.8. The van der Waals surface area contributed by atoms with Crippen LogP contribution in [-0.4, -0.2) is 60.5 Å². The predicted octanol–water partition coefficient (Wildman–Crippen LogP) is 6.12. The van der Waals surface area contributed by atoms with E-state index in [4.69, 9.17) is 9.72 Å². The zero-order valence-electron chi connectivity index (χ0n) is 21.1. The van der Waals surface area contributed by atoms with Crippen LogP contribution in [0.5, 0.6) is 0 Å². The summed E-state index contributed by atoms with van der Waals surface area (Å²) in [6.07, 6.45) is 4.10. The van der Waals surface area contributed by atoms with Gasteiger partial charge in [0.15, 0.2) is 0 Å². The minimum atomic E-state index is -0.440. The number of piperidine rings is 2. The first-order chi connectivity index (χ1) is 16.8. The number of pyridine rings is 1. The average Bonchev–Trinajstić information content (AvgIpc) is 3.22. The Kier molecular flexibility index (Phi) is 6.83. The van der Waals surface area contributed by atoms with Gasteiger partial charge in [0.1, 0.15) is 11.2 Å². The van der Waals surface area contributed by atoms with Gasteiger partial charge >= 0.3 is 6.09 Å². The van der Waals surface area contributed by atoms with Gasteiger partial charge in [0.25, 0.3) is 0 Å². The second-order valence-electron chi connectivity index (χ2n) is 10.8. The zero-order chi connectivity index (χ0) is 24.7. The lowest BCUT2D eigenvalue weighted by Gasteiger charge is -2.51. The van der Waals surface area contributed by atoms with E-state index in [0.29, 0.717) is 12.0 Å². The number of fused-ring (bicyclic) bond motifs is 4. The molecular formula is C28H35IN4O2. The molecule has 2 aromatic heterocycles. The van der Waals surface area contributed by atoms with E-state index in [1.165, 1.54) is 11.3 Å². The number of carbonyl (C=O) groups excluding carboxylic acids is 1. The van der Waals surface area contributed by atoms with E-state index in [1.54, 1.807) is 0 Å². The van der Waals surface area contributed by atoms with Gasteiger partial charge in [-0.3, -0.25) is 4.90 Å². The molecule has 2 bridgehead atoms. The fraction of sp³-hybridized carbons (Fsp3) is 0.500. The van der Waals surface area contributed by atoms with E-state index in [2.05, 4.69) is 88.3 Å². The second-order valence-corrected chi connectivity index (χ2v) is 11.6. The van der Waals surface area contributed by atoms with Gasteiger partial charge in [-0.15, -0.1) is 0 Å². The molecule has 2 atom stereocenters. The summed E-state index contributed by atoms with van der Waals surface area (Å²) in [7, 11) is 0. The first-order valence-electron chi connectivity index (χ1n) is 12.6. The van der Waals surface area contributed by atoms with Crippen LogP contribution in [0.25, 0.3) is 16.9 Å². The monoisotopic (exact) mass is 586 g/mol. The number of amides is 1. The maximum Gasteiger partial charge on any atom is 0.410 e. The molecule has 0 spiro atoms. The minimum Gasteiger partial charge on any atom is -0.443 e. The molecular weight excluding hydrogens is 551 g/mol. The summed E-state index contributed by atoms with van der Waals surface area (Å²) in [6, 6.07) is 15.6. The molecule has 6 rings (SSSR count). The molecule has 0 saturated carbocycles. The number of ether oxygens (including phenoxy) is 1. The number of alkyl halides is 1. The van der Waals surface area contributed by atoms with Crippen LogP contribution in [0.15, 0.2) is 48.7 Å². The van der Waals surface area contributed by atoms with E-state index in [0.717, 1.165) is 53.8 Å². The Labute approximate surface area is 221 Å². The fourth-order valence-corrected chi connectivity index (χ4v) is 5.46. The van der Waals surface area contributed by atoms with Crippen LogP contribution in [0.3, 0.4) is 0 Å². The van der Waals surface area contributed by atoms with Crippen LogP contribution in [0, 0.1) is 0 Å². The van der Waals surface area contributed by atoms with Crippen LogP contribution in [0.1, 0.15) is 57.7 Å². The summed E-state index contributed by atoms with van der Waals surface area (Å²) in [5.74, 6) is 0.505. The third-order valence-electron chi connectivity index (χ3n) is 7.40. The van der Waals surface area contributed by atoms with Crippen molar-refractivity contribution in [2.45, 2.75) is 70.7 Å². The fourth-order valence-electron chi connectivity index (χ4n) is 5.30. The molecule has 3 aliphatic heterocycles. The van der Waals surface area contributed by atoms with Gasteiger partial charge in [-0.2, -0.15) is 0 Å². The zero-order valence-corrected chi connectivity index (χ0v) is 23.2. The molecule has 3 fully saturated rings. The van der Waals surface area contributed by atoms with E-state index < -0.39 is 5.60 Å². The van der Waals surface area contributed by atoms with Crippen LogP contribution in [0.4, 0.5) is 4.79 Å². The largest absolute Gasteiger partial charge is 0.443 e. The number of rotatable bonds is 6. The van der Waals surface area contributed by atoms with Gasteiger partial charge in [-0.25, -0.2) is 9.78 Å². The van der Waals surface area contributed by atoms with E-state index in [9.17, 15) is 4.79 Å². The lowest BCUT2D eigenvalue weighted by Crippen LogP contribution is -2.64. The Bertz CT molecular complexity index is 1200. The third-order valence-corrected chi connectivity index (χ3v) is 9.23. The average molecular weight is 587 g/mol. The number of halogens is 1. The number of hydrogen-bond acceptors (Lipinski definition) is 4. The topological polar surface area (TPSA) is 50.1 Å². The number of nitrogens with zero attached hydrogens (tertiary/aromatic N) is 4. The van der Waals surface area contributed by atoms with Crippen molar-refractivity contribution in [1.29, 1.82) is 0 Å². The van der Waals surface area contributed by atoms with Gasteiger partial charge in [0.05, 0.1) is 11.4 Å². The van der Waals surface area contributed by atoms with Crippen molar-refractivity contribution < 1.29 is 9.53 Å². The summed E-state index contributed by atoms with van der Waals surface area (Å²) in [4.78, 5) is 22.5. The summed E-state index contributed by atoms with van der Waals surface area (Å²) in [5.41, 5.74) is 5.29. The normalized spacial score (nSPS) is 20.7. The van der Waals surface area contributed by atoms with Gasteiger partial charge in [-0.1, -0.05) is 66.8 Å². The maximum atomic E-state index is 12.9. The lowest BCUT2D eigenvalue weighted by molar-refractivity contribution is -0.0425. The van der Waals surface area contributed by atoms with Crippen molar-refractivity contribution in [2.24, 2.45) is 0 Å². The van der Waals surface area contributed by atoms with Gasteiger partial charge in [0.2, 0.25) is 0 Å². The highest BCUT2D eigenvalue weighted by Crippen LogP contribution is 2.34. The van der Waals surface area contributed by atoms with Crippen molar-refractivity contribution in [3.05, 3.63) is 59.9 Å². The van der Waals surface area contributed by atoms with Gasteiger partial charge in [0, 0.05) is 47.9 Å². The number of aromatic nitrogens is 2. The molecule has 0 N–H and O–H groups in total. The number of benzene rings is 1. The quantitative estimate of drug-likeness (QED) is 0.258. The Morgan fingerprint density at radius 3 is 2.51 bits per heavy atom. The molecule has 2 unspecified atom stereocenters. The summed E-state index contributed by atoms with van der Waals surface area (Å²) in [5, 5.41) is 0. The molecule has 6 nitrogen and oxygen atoms in total. The molecule has 3 saturated heterocycles.